The Bertz CT molecular complexity index is 1190. The van der Waals surface area contributed by atoms with Gasteiger partial charge in [0.1, 0.15) is 12.3 Å². The molecule has 1 aromatic heterocycles. The predicted molar refractivity (Wildman–Crippen MR) is 119 cm³/mol. The molecule has 1 heterocycles. The molecule has 0 saturated carbocycles. The molecule has 0 unspecified atom stereocenters. The maximum Gasteiger partial charge on any atom is 0.402 e. The van der Waals surface area contributed by atoms with E-state index in [9.17, 15) is 21.6 Å². The molecule has 0 radical (unpaired) electrons. The average molecular weight is 483 g/mol. The summed E-state index contributed by atoms with van der Waals surface area (Å²) in [5.74, 6) is 1.04. The Hall–Kier alpha value is -2.89. The minimum atomic E-state index is -4.66. The minimum Gasteiger partial charge on any atom is -0.438 e. The molecule has 0 bridgehead atoms. The van der Waals surface area contributed by atoms with Gasteiger partial charge < -0.3 is 4.74 Å². The fourth-order valence-corrected chi connectivity index (χ4v) is 4.42. The van der Waals surface area contributed by atoms with Gasteiger partial charge in [0.15, 0.2) is 0 Å². The van der Waals surface area contributed by atoms with Crippen LogP contribution in [0, 0.1) is 0 Å². The van der Waals surface area contributed by atoms with Crippen LogP contribution in [0.4, 0.5) is 13.2 Å². The number of halogens is 3. The van der Waals surface area contributed by atoms with Gasteiger partial charge in [-0.05, 0) is 44.5 Å². The third-order valence-corrected chi connectivity index (χ3v) is 6.06. The van der Waals surface area contributed by atoms with Crippen molar-refractivity contribution >= 4 is 10.2 Å². The first-order valence-electron chi connectivity index (χ1n) is 10.2. The fraction of sp³-hybridized carbons (Fsp3) is 0.318. The van der Waals surface area contributed by atoms with E-state index in [-0.39, 0.29) is 0 Å². The molecule has 2 aromatic carbocycles. The average Bonchev–Trinajstić information content (AvgIpc) is 3.15. The van der Waals surface area contributed by atoms with Crippen LogP contribution >= 0.6 is 0 Å². The molecule has 0 spiro atoms. The van der Waals surface area contributed by atoms with Gasteiger partial charge in [0.05, 0.1) is 11.2 Å². The summed E-state index contributed by atoms with van der Waals surface area (Å²) < 4.78 is 72.9. The van der Waals surface area contributed by atoms with Crippen molar-refractivity contribution in [1.29, 1.82) is 0 Å². The van der Waals surface area contributed by atoms with E-state index in [2.05, 4.69) is 9.82 Å². The summed E-state index contributed by atoms with van der Waals surface area (Å²) in [6.45, 7) is 3.98. The van der Waals surface area contributed by atoms with Crippen LogP contribution in [0.3, 0.4) is 0 Å². The van der Waals surface area contributed by atoms with E-state index >= 15 is 0 Å². The van der Waals surface area contributed by atoms with Crippen LogP contribution in [0.2, 0.25) is 0 Å². The first-order valence-corrected chi connectivity index (χ1v) is 11.6. The van der Waals surface area contributed by atoms with E-state index in [1.54, 1.807) is 42.8 Å². The molecular weight excluding hydrogens is 457 g/mol. The first kappa shape index (κ1) is 24.7. The molecule has 0 fully saturated rings. The summed E-state index contributed by atoms with van der Waals surface area (Å²) in [5, 5.41) is 4.47. The number of nitrogens with zero attached hydrogens (tertiary/aromatic N) is 2. The normalized spacial score (nSPS) is 12.7. The van der Waals surface area contributed by atoms with Crippen LogP contribution in [0.25, 0.3) is 11.3 Å². The molecular formula is C22H25F3N4O3S. The van der Waals surface area contributed by atoms with Gasteiger partial charge in [-0.2, -0.15) is 31.0 Å². The summed E-state index contributed by atoms with van der Waals surface area (Å²) >= 11 is 0. The summed E-state index contributed by atoms with van der Waals surface area (Å²) in [6.07, 6.45) is -4.66. The summed E-state index contributed by atoms with van der Waals surface area (Å²) in [7, 11) is -4.40. The lowest BCUT2D eigenvalue weighted by Crippen LogP contribution is -2.48. The Balaban J connectivity index is 1.85. The molecule has 0 amide bonds. The smallest absolute Gasteiger partial charge is 0.402 e. The lowest BCUT2D eigenvalue weighted by Gasteiger charge is -2.27. The van der Waals surface area contributed by atoms with Gasteiger partial charge in [-0.3, -0.25) is 4.68 Å². The molecule has 3 aromatic rings. The van der Waals surface area contributed by atoms with Crippen LogP contribution in [0.5, 0.6) is 11.6 Å². The van der Waals surface area contributed by atoms with Crippen molar-refractivity contribution < 1.29 is 26.3 Å². The van der Waals surface area contributed by atoms with Crippen LogP contribution in [0.15, 0.2) is 60.7 Å². The Labute approximate surface area is 190 Å². The van der Waals surface area contributed by atoms with Gasteiger partial charge in [-0.1, -0.05) is 36.4 Å². The van der Waals surface area contributed by atoms with Crippen molar-refractivity contribution in [2.24, 2.45) is 0 Å². The highest BCUT2D eigenvalue weighted by Crippen LogP contribution is 2.30. The Morgan fingerprint density at radius 2 is 1.73 bits per heavy atom. The van der Waals surface area contributed by atoms with Crippen LogP contribution in [-0.4, -0.2) is 30.9 Å². The second-order valence-corrected chi connectivity index (χ2v) is 9.35. The van der Waals surface area contributed by atoms with E-state index in [1.165, 1.54) is 4.72 Å². The van der Waals surface area contributed by atoms with Gasteiger partial charge >= 0.3 is 6.18 Å². The third kappa shape index (κ3) is 6.80. The van der Waals surface area contributed by atoms with Gasteiger partial charge in [-0.25, -0.2) is 0 Å². The number of para-hydroxylation sites is 1. The minimum absolute atomic E-state index is 0.403. The van der Waals surface area contributed by atoms with Crippen molar-refractivity contribution in [2.45, 2.75) is 39.0 Å². The number of rotatable bonds is 9. The number of hydrogen-bond acceptors (Lipinski definition) is 4. The Kier molecular flexibility index (Phi) is 7.15. The van der Waals surface area contributed by atoms with Gasteiger partial charge in [0, 0.05) is 18.2 Å². The Morgan fingerprint density at radius 1 is 1.03 bits per heavy atom. The Morgan fingerprint density at radius 3 is 2.36 bits per heavy atom. The maximum atomic E-state index is 12.4. The number of nitrogens with one attached hydrogen (secondary N) is 2. The highest BCUT2D eigenvalue weighted by atomic mass is 32.2. The second-order valence-electron chi connectivity index (χ2n) is 7.85. The number of alkyl halides is 3. The molecule has 33 heavy (non-hydrogen) atoms. The van der Waals surface area contributed by atoms with Crippen molar-refractivity contribution in [3.05, 3.63) is 66.2 Å². The molecule has 0 saturated heterocycles. The topological polar surface area (TPSA) is 85.2 Å². The zero-order valence-electron chi connectivity index (χ0n) is 18.3. The summed E-state index contributed by atoms with van der Waals surface area (Å²) in [5.41, 5.74) is 0.875. The maximum absolute atomic E-state index is 12.4. The summed E-state index contributed by atoms with van der Waals surface area (Å²) in [6, 6.07) is 18.0. The number of benzene rings is 2. The molecule has 0 aliphatic heterocycles. The van der Waals surface area contributed by atoms with Gasteiger partial charge in [-0.15, -0.1) is 5.10 Å². The number of aryl methyl sites for hydroxylation is 1. The zero-order valence-corrected chi connectivity index (χ0v) is 19.2. The van der Waals surface area contributed by atoms with Crippen molar-refractivity contribution in [3.63, 3.8) is 0 Å². The van der Waals surface area contributed by atoms with Gasteiger partial charge in [0.2, 0.25) is 5.88 Å². The SMILES string of the molecule is CCn1nc(Oc2ccccc2)cc1-c1cccc(C(C)(C)NS(=O)(=O)NCC(F)(F)F)c1. The molecule has 0 atom stereocenters. The quantitative estimate of drug-likeness (QED) is 0.468. The van der Waals surface area contributed by atoms with Crippen LogP contribution in [-0.2, 0) is 22.3 Å². The van der Waals surface area contributed by atoms with Crippen LogP contribution in [0.1, 0.15) is 26.3 Å². The van der Waals surface area contributed by atoms with E-state index in [4.69, 9.17) is 4.74 Å². The second kappa shape index (κ2) is 9.54. The van der Waals surface area contributed by atoms with Crippen molar-refractivity contribution in [3.8, 4) is 22.9 Å². The molecule has 11 heteroatoms. The molecule has 7 nitrogen and oxygen atoms in total. The van der Waals surface area contributed by atoms with Crippen molar-refractivity contribution in [2.75, 3.05) is 6.54 Å². The molecule has 0 aliphatic rings. The number of aromatic nitrogens is 2. The largest absolute Gasteiger partial charge is 0.438 e. The third-order valence-electron chi connectivity index (χ3n) is 4.75. The standard InChI is InChI=1S/C22H25F3N4O3S/c1-4-29-19(14-20(27-29)32-18-11-6-5-7-12-18)16-9-8-10-17(13-16)21(2,3)28-33(30,31)26-15-22(23,24)25/h5-14,26,28H,4,15H2,1-3H3. The first-order chi connectivity index (χ1) is 15.4. The van der Waals surface area contributed by atoms with Crippen LogP contribution < -0.4 is 14.2 Å². The molecule has 0 aliphatic carbocycles. The highest BCUT2D eigenvalue weighted by Gasteiger charge is 2.32. The summed E-state index contributed by atoms with van der Waals surface area (Å²) in [4.78, 5) is 0. The zero-order chi connectivity index (χ0) is 24.3. The molecule has 3 rings (SSSR count). The van der Waals surface area contributed by atoms with E-state index in [0.29, 0.717) is 23.7 Å². The lowest BCUT2D eigenvalue weighted by atomic mass is 9.93. The molecule has 2 N–H and O–H groups in total. The number of ether oxygens (including phenoxy) is 1. The number of hydrogen-bond donors (Lipinski definition) is 2. The predicted octanol–water partition coefficient (Wildman–Crippen LogP) is 4.58. The molecule has 178 valence electrons. The van der Waals surface area contributed by atoms with E-state index < -0.39 is 28.5 Å². The van der Waals surface area contributed by atoms with Gasteiger partial charge in [0.25, 0.3) is 10.2 Å². The fourth-order valence-electron chi connectivity index (χ4n) is 3.20. The van der Waals surface area contributed by atoms with E-state index in [0.717, 1.165) is 11.3 Å². The monoisotopic (exact) mass is 482 g/mol. The van der Waals surface area contributed by atoms with E-state index in [1.807, 2.05) is 43.3 Å². The van der Waals surface area contributed by atoms with Crippen molar-refractivity contribution in [1.82, 2.24) is 19.2 Å². The lowest BCUT2D eigenvalue weighted by molar-refractivity contribution is -0.121. The highest BCUT2D eigenvalue weighted by molar-refractivity contribution is 7.87.